The number of carbonyl (C=O) groups excluding carboxylic acids is 1. The Labute approximate surface area is 114 Å². The van der Waals surface area contributed by atoms with Crippen LogP contribution in [0.5, 0.6) is 0 Å². The lowest BCUT2D eigenvalue weighted by Gasteiger charge is -2.20. The molecule has 1 rings (SSSR count). The summed E-state index contributed by atoms with van der Waals surface area (Å²) < 4.78 is 24.4. The van der Waals surface area contributed by atoms with Crippen molar-refractivity contribution < 1.29 is 13.2 Å². The zero-order valence-electron chi connectivity index (χ0n) is 11.1. The van der Waals surface area contributed by atoms with Crippen molar-refractivity contribution in [2.75, 3.05) is 23.7 Å². The van der Waals surface area contributed by atoms with Crippen LogP contribution in [0.25, 0.3) is 0 Å². The molecule has 0 aromatic heterocycles. The van der Waals surface area contributed by atoms with E-state index in [-0.39, 0.29) is 5.91 Å². The molecule has 0 saturated carbocycles. The molecule has 0 fully saturated rings. The maximum absolute atomic E-state index is 11.7. The SMILES string of the molecule is C=CCNC(=O)c1ccc(N(CC)S(C)(=O)=O)cc1. The maximum atomic E-state index is 11.7. The number of nitrogens with one attached hydrogen (secondary N) is 1. The minimum atomic E-state index is -3.30. The van der Waals surface area contributed by atoms with Crippen LogP contribution in [0.2, 0.25) is 0 Å². The summed E-state index contributed by atoms with van der Waals surface area (Å²) in [5.74, 6) is -0.214. The van der Waals surface area contributed by atoms with Crippen molar-refractivity contribution >= 4 is 21.6 Å². The van der Waals surface area contributed by atoms with Crippen LogP contribution in [0, 0.1) is 0 Å². The van der Waals surface area contributed by atoms with E-state index in [1.54, 1.807) is 37.3 Å². The average molecular weight is 282 g/mol. The molecule has 0 unspecified atom stereocenters. The Kier molecular flexibility index (Phi) is 5.11. The molecule has 5 nitrogen and oxygen atoms in total. The van der Waals surface area contributed by atoms with Crippen molar-refractivity contribution in [3.8, 4) is 0 Å². The number of anilines is 1. The van der Waals surface area contributed by atoms with Gasteiger partial charge in [0.05, 0.1) is 11.9 Å². The largest absolute Gasteiger partial charge is 0.349 e. The second kappa shape index (κ2) is 6.38. The summed E-state index contributed by atoms with van der Waals surface area (Å²) >= 11 is 0. The molecular formula is C13H18N2O3S. The molecule has 1 aromatic carbocycles. The number of benzene rings is 1. The van der Waals surface area contributed by atoms with Crippen molar-refractivity contribution in [2.45, 2.75) is 6.92 Å². The van der Waals surface area contributed by atoms with Crippen LogP contribution in [0.4, 0.5) is 5.69 Å². The Morgan fingerprint density at radius 2 is 1.95 bits per heavy atom. The highest BCUT2D eigenvalue weighted by molar-refractivity contribution is 7.92. The van der Waals surface area contributed by atoms with Gasteiger partial charge in [-0.15, -0.1) is 6.58 Å². The number of nitrogens with zero attached hydrogens (tertiary/aromatic N) is 1. The van der Waals surface area contributed by atoms with Gasteiger partial charge in [0.25, 0.3) is 5.91 Å². The number of hydrogen-bond acceptors (Lipinski definition) is 3. The monoisotopic (exact) mass is 282 g/mol. The predicted octanol–water partition coefficient (Wildman–Crippen LogP) is 1.39. The molecular weight excluding hydrogens is 264 g/mol. The predicted molar refractivity (Wildman–Crippen MR) is 76.8 cm³/mol. The van der Waals surface area contributed by atoms with Crippen molar-refractivity contribution in [3.05, 3.63) is 42.5 Å². The van der Waals surface area contributed by atoms with Crippen LogP contribution in [-0.4, -0.2) is 33.7 Å². The van der Waals surface area contributed by atoms with Crippen molar-refractivity contribution in [3.63, 3.8) is 0 Å². The third kappa shape index (κ3) is 4.10. The third-order valence-corrected chi connectivity index (χ3v) is 3.78. The fourth-order valence-corrected chi connectivity index (χ4v) is 2.63. The molecule has 0 saturated heterocycles. The zero-order valence-corrected chi connectivity index (χ0v) is 11.9. The molecule has 1 N–H and O–H groups in total. The van der Waals surface area contributed by atoms with E-state index in [0.29, 0.717) is 24.3 Å². The fraction of sp³-hybridized carbons (Fsp3) is 0.308. The molecule has 0 aliphatic carbocycles. The van der Waals surface area contributed by atoms with Crippen LogP contribution >= 0.6 is 0 Å². The molecule has 0 atom stereocenters. The van der Waals surface area contributed by atoms with Crippen molar-refractivity contribution in [1.82, 2.24) is 5.32 Å². The lowest BCUT2D eigenvalue weighted by atomic mass is 10.2. The molecule has 0 spiro atoms. The molecule has 1 amide bonds. The molecule has 0 radical (unpaired) electrons. The first kappa shape index (κ1) is 15.2. The topological polar surface area (TPSA) is 66.5 Å². The van der Waals surface area contributed by atoms with E-state index in [2.05, 4.69) is 11.9 Å². The highest BCUT2D eigenvalue weighted by Gasteiger charge is 2.15. The van der Waals surface area contributed by atoms with Gasteiger partial charge in [-0.2, -0.15) is 0 Å². The minimum absolute atomic E-state index is 0.214. The third-order valence-electron chi connectivity index (χ3n) is 2.51. The molecule has 0 bridgehead atoms. The summed E-state index contributed by atoms with van der Waals surface area (Å²) in [6.07, 6.45) is 2.75. The van der Waals surface area contributed by atoms with E-state index in [1.165, 1.54) is 4.31 Å². The number of sulfonamides is 1. The normalized spacial score (nSPS) is 10.8. The van der Waals surface area contributed by atoms with Crippen molar-refractivity contribution in [2.24, 2.45) is 0 Å². The van der Waals surface area contributed by atoms with Crippen LogP contribution in [0.3, 0.4) is 0 Å². The summed E-state index contributed by atoms with van der Waals surface area (Å²) in [6.45, 7) is 6.01. The molecule has 0 heterocycles. The Hall–Kier alpha value is -1.82. The fourth-order valence-electron chi connectivity index (χ4n) is 1.65. The van der Waals surface area contributed by atoms with E-state index in [1.807, 2.05) is 0 Å². The van der Waals surface area contributed by atoms with Gasteiger partial charge in [0.2, 0.25) is 10.0 Å². The number of amides is 1. The first-order valence-electron chi connectivity index (χ1n) is 5.87. The molecule has 104 valence electrons. The number of hydrogen-bond donors (Lipinski definition) is 1. The van der Waals surface area contributed by atoms with Gasteiger partial charge in [-0.05, 0) is 31.2 Å². The lowest BCUT2D eigenvalue weighted by molar-refractivity contribution is 0.0958. The second-order valence-electron chi connectivity index (χ2n) is 3.97. The van der Waals surface area contributed by atoms with Gasteiger partial charge in [-0.1, -0.05) is 6.08 Å². The summed E-state index contributed by atoms with van der Waals surface area (Å²) in [4.78, 5) is 11.7. The first-order chi connectivity index (χ1) is 8.90. The van der Waals surface area contributed by atoms with E-state index in [0.717, 1.165) is 6.26 Å². The van der Waals surface area contributed by atoms with Crippen molar-refractivity contribution in [1.29, 1.82) is 0 Å². The second-order valence-corrected chi connectivity index (χ2v) is 5.88. The van der Waals surface area contributed by atoms with E-state index >= 15 is 0 Å². The molecule has 0 aliphatic heterocycles. The molecule has 0 aliphatic rings. The molecule has 6 heteroatoms. The number of carbonyl (C=O) groups is 1. The Balaban J connectivity index is 2.92. The number of rotatable bonds is 6. The van der Waals surface area contributed by atoms with Gasteiger partial charge in [-0.3, -0.25) is 9.10 Å². The average Bonchev–Trinajstić information content (AvgIpc) is 2.36. The van der Waals surface area contributed by atoms with Crippen LogP contribution in [0.15, 0.2) is 36.9 Å². The maximum Gasteiger partial charge on any atom is 0.251 e. The van der Waals surface area contributed by atoms with E-state index in [4.69, 9.17) is 0 Å². The van der Waals surface area contributed by atoms with Gasteiger partial charge in [0.15, 0.2) is 0 Å². The van der Waals surface area contributed by atoms with Gasteiger partial charge >= 0.3 is 0 Å². The summed E-state index contributed by atoms with van der Waals surface area (Å²) in [6, 6.07) is 6.43. The quantitative estimate of drug-likeness (QED) is 0.802. The summed E-state index contributed by atoms with van der Waals surface area (Å²) in [7, 11) is -3.30. The first-order valence-corrected chi connectivity index (χ1v) is 7.71. The highest BCUT2D eigenvalue weighted by atomic mass is 32.2. The van der Waals surface area contributed by atoms with Gasteiger partial charge in [-0.25, -0.2) is 8.42 Å². The Morgan fingerprint density at radius 1 is 1.37 bits per heavy atom. The summed E-state index contributed by atoms with van der Waals surface area (Å²) in [5, 5.41) is 2.65. The minimum Gasteiger partial charge on any atom is -0.349 e. The molecule has 1 aromatic rings. The highest BCUT2D eigenvalue weighted by Crippen LogP contribution is 2.17. The summed E-state index contributed by atoms with van der Waals surface area (Å²) in [5.41, 5.74) is 1.03. The Bertz CT molecular complexity index is 550. The zero-order chi connectivity index (χ0) is 14.5. The standard InChI is InChI=1S/C13H18N2O3S/c1-4-10-14-13(16)11-6-8-12(9-7-11)15(5-2)19(3,17)18/h4,6-9H,1,5,10H2,2-3H3,(H,14,16). The van der Waals surface area contributed by atoms with Crippen LogP contribution < -0.4 is 9.62 Å². The smallest absolute Gasteiger partial charge is 0.251 e. The van der Waals surface area contributed by atoms with Crippen LogP contribution in [-0.2, 0) is 10.0 Å². The lowest BCUT2D eigenvalue weighted by Crippen LogP contribution is -2.29. The van der Waals surface area contributed by atoms with Gasteiger partial charge in [0.1, 0.15) is 0 Å². The van der Waals surface area contributed by atoms with Gasteiger partial charge < -0.3 is 5.32 Å². The molecule has 19 heavy (non-hydrogen) atoms. The van der Waals surface area contributed by atoms with Gasteiger partial charge in [0, 0.05) is 18.7 Å². The van der Waals surface area contributed by atoms with Crippen LogP contribution in [0.1, 0.15) is 17.3 Å². The van der Waals surface area contributed by atoms with E-state index < -0.39 is 10.0 Å². The van der Waals surface area contributed by atoms with E-state index in [9.17, 15) is 13.2 Å². The Morgan fingerprint density at radius 3 is 2.37 bits per heavy atom.